The molecule has 20 heavy (non-hydrogen) atoms. The lowest BCUT2D eigenvalue weighted by atomic mass is 10.0. The first kappa shape index (κ1) is 19.0. The minimum atomic E-state index is -0.458. The van der Waals surface area contributed by atoms with Gasteiger partial charge in [0.1, 0.15) is 12.4 Å². The number of ether oxygens (including phenoxy) is 1. The van der Waals surface area contributed by atoms with E-state index in [0.717, 1.165) is 5.75 Å². The molecule has 0 aliphatic rings. The van der Waals surface area contributed by atoms with Crippen molar-refractivity contribution in [2.24, 2.45) is 11.7 Å². The number of nitrogens with zero attached hydrogens (tertiary/aromatic N) is 1. The number of hydrogen-bond donors (Lipinski definition) is 1. The summed E-state index contributed by atoms with van der Waals surface area (Å²) >= 11 is 5.78. The molecule has 114 valence electrons. The van der Waals surface area contributed by atoms with Crippen molar-refractivity contribution in [1.29, 1.82) is 0 Å². The van der Waals surface area contributed by atoms with Crippen molar-refractivity contribution in [3.05, 3.63) is 29.3 Å². The van der Waals surface area contributed by atoms with E-state index in [9.17, 15) is 4.79 Å². The maximum Gasteiger partial charge on any atom is 0.239 e. The maximum absolute atomic E-state index is 11.9. The summed E-state index contributed by atoms with van der Waals surface area (Å²) in [6.07, 6.45) is 0. The molecule has 0 aliphatic carbocycles. The summed E-state index contributed by atoms with van der Waals surface area (Å²) in [6.45, 7) is 4.79. The highest BCUT2D eigenvalue weighted by atomic mass is 35.5. The monoisotopic (exact) mass is 320 g/mol. The van der Waals surface area contributed by atoms with Crippen LogP contribution in [0.2, 0.25) is 5.02 Å². The summed E-state index contributed by atoms with van der Waals surface area (Å²) < 4.78 is 5.53. The highest BCUT2D eigenvalue weighted by Gasteiger charge is 2.20. The number of amides is 1. The molecular weight excluding hydrogens is 299 g/mol. The number of rotatable bonds is 6. The van der Waals surface area contributed by atoms with Crippen LogP contribution in [-0.2, 0) is 4.79 Å². The molecule has 0 saturated heterocycles. The molecule has 6 heteroatoms. The van der Waals surface area contributed by atoms with E-state index in [0.29, 0.717) is 18.2 Å². The van der Waals surface area contributed by atoms with Gasteiger partial charge in [-0.2, -0.15) is 0 Å². The minimum absolute atomic E-state index is 0. The van der Waals surface area contributed by atoms with Gasteiger partial charge in [0.2, 0.25) is 5.91 Å². The zero-order valence-electron chi connectivity index (χ0n) is 12.0. The minimum Gasteiger partial charge on any atom is -0.492 e. The van der Waals surface area contributed by atoms with Gasteiger partial charge in [-0.25, -0.2) is 0 Å². The van der Waals surface area contributed by atoms with Crippen molar-refractivity contribution in [2.75, 3.05) is 20.2 Å². The molecule has 1 rings (SSSR count). The van der Waals surface area contributed by atoms with Gasteiger partial charge in [0.25, 0.3) is 0 Å². The van der Waals surface area contributed by atoms with Gasteiger partial charge in [-0.05, 0) is 30.2 Å². The van der Waals surface area contributed by atoms with Crippen LogP contribution in [0.5, 0.6) is 5.75 Å². The van der Waals surface area contributed by atoms with Crippen LogP contribution in [0.1, 0.15) is 13.8 Å². The molecular formula is C14H22Cl2N2O2. The smallest absolute Gasteiger partial charge is 0.239 e. The zero-order valence-corrected chi connectivity index (χ0v) is 13.6. The van der Waals surface area contributed by atoms with Crippen LogP contribution in [0.15, 0.2) is 24.3 Å². The quantitative estimate of drug-likeness (QED) is 0.876. The Balaban J connectivity index is 0.00000361. The van der Waals surface area contributed by atoms with E-state index in [2.05, 4.69) is 0 Å². The largest absolute Gasteiger partial charge is 0.492 e. The van der Waals surface area contributed by atoms with Gasteiger partial charge >= 0.3 is 0 Å². The summed E-state index contributed by atoms with van der Waals surface area (Å²) in [5.41, 5.74) is 5.81. The molecule has 0 heterocycles. The predicted octanol–water partition coefficient (Wildman–Crippen LogP) is 2.58. The van der Waals surface area contributed by atoms with Crippen molar-refractivity contribution in [1.82, 2.24) is 4.90 Å². The van der Waals surface area contributed by atoms with E-state index in [1.54, 1.807) is 36.2 Å². The van der Waals surface area contributed by atoms with Gasteiger partial charge in [0.05, 0.1) is 12.6 Å². The third kappa shape index (κ3) is 5.99. The summed E-state index contributed by atoms with van der Waals surface area (Å²) in [4.78, 5) is 13.5. The van der Waals surface area contributed by atoms with Gasteiger partial charge < -0.3 is 15.4 Å². The van der Waals surface area contributed by atoms with Gasteiger partial charge in [-0.3, -0.25) is 4.79 Å². The first-order valence-electron chi connectivity index (χ1n) is 6.30. The Morgan fingerprint density at radius 1 is 1.35 bits per heavy atom. The van der Waals surface area contributed by atoms with Crippen molar-refractivity contribution >= 4 is 29.9 Å². The lowest BCUT2D eigenvalue weighted by Gasteiger charge is -2.23. The van der Waals surface area contributed by atoms with Crippen LogP contribution in [0.25, 0.3) is 0 Å². The third-order valence-electron chi connectivity index (χ3n) is 2.89. The summed E-state index contributed by atoms with van der Waals surface area (Å²) in [5.74, 6) is 0.806. The molecule has 0 aliphatic heterocycles. The number of halogens is 2. The third-order valence-corrected chi connectivity index (χ3v) is 3.14. The molecule has 0 bridgehead atoms. The van der Waals surface area contributed by atoms with Crippen molar-refractivity contribution in [3.8, 4) is 5.75 Å². The average Bonchev–Trinajstić information content (AvgIpc) is 2.39. The van der Waals surface area contributed by atoms with Gasteiger partial charge in [0, 0.05) is 12.1 Å². The Kier molecular flexibility index (Phi) is 8.62. The Bertz CT molecular complexity index is 410. The summed E-state index contributed by atoms with van der Waals surface area (Å²) in [6, 6.07) is 6.66. The molecule has 0 fully saturated rings. The first-order valence-corrected chi connectivity index (χ1v) is 6.68. The molecule has 0 saturated carbocycles. The molecule has 1 atom stereocenters. The molecule has 0 aromatic heterocycles. The average molecular weight is 321 g/mol. The Hall–Kier alpha value is -0.970. The second-order valence-corrected chi connectivity index (χ2v) is 5.27. The number of carbonyl (C=O) groups excluding carboxylic acids is 1. The number of hydrogen-bond acceptors (Lipinski definition) is 3. The fourth-order valence-corrected chi connectivity index (χ4v) is 1.61. The second-order valence-electron chi connectivity index (χ2n) is 4.83. The molecule has 0 spiro atoms. The maximum atomic E-state index is 11.9. The normalized spacial score (nSPS) is 11.7. The standard InChI is InChI=1S/C14H21ClN2O2.ClH/c1-10(2)13(16)14(18)17(3)8-9-19-12-6-4-11(15)5-7-12;/h4-7,10,13H,8-9,16H2,1-3H3;1H/t13-;/m1./s1. The number of likely N-dealkylation sites (N-methyl/N-ethyl adjacent to an activating group) is 1. The topological polar surface area (TPSA) is 55.6 Å². The van der Waals surface area contributed by atoms with Gasteiger partial charge in [-0.15, -0.1) is 12.4 Å². The lowest BCUT2D eigenvalue weighted by Crippen LogP contribution is -2.46. The number of benzene rings is 1. The van der Waals surface area contributed by atoms with E-state index < -0.39 is 6.04 Å². The molecule has 1 aromatic rings. The first-order chi connectivity index (χ1) is 8.91. The summed E-state index contributed by atoms with van der Waals surface area (Å²) in [5, 5.41) is 0.669. The Morgan fingerprint density at radius 3 is 2.40 bits per heavy atom. The Morgan fingerprint density at radius 2 is 1.90 bits per heavy atom. The van der Waals surface area contributed by atoms with Gasteiger partial charge in [-0.1, -0.05) is 25.4 Å². The van der Waals surface area contributed by atoms with Crippen LogP contribution in [0, 0.1) is 5.92 Å². The van der Waals surface area contributed by atoms with Crippen LogP contribution in [0.4, 0.5) is 0 Å². The molecule has 1 aromatic carbocycles. The summed E-state index contributed by atoms with van der Waals surface area (Å²) in [7, 11) is 1.73. The van der Waals surface area contributed by atoms with Crippen molar-refractivity contribution < 1.29 is 9.53 Å². The highest BCUT2D eigenvalue weighted by Crippen LogP contribution is 2.15. The van der Waals surface area contributed by atoms with E-state index in [1.807, 2.05) is 13.8 Å². The zero-order chi connectivity index (χ0) is 14.4. The van der Waals surface area contributed by atoms with Crippen LogP contribution in [-0.4, -0.2) is 37.0 Å². The van der Waals surface area contributed by atoms with Crippen LogP contribution >= 0.6 is 24.0 Å². The molecule has 0 unspecified atom stereocenters. The molecule has 0 radical (unpaired) electrons. The molecule has 1 amide bonds. The Labute approximate surface area is 131 Å². The predicted molar refractivity (Wildman–Crippen MR) is 84.6 cm³/mol. The highest BCUT2D eigenvalue weighted by molar-refractivity contribution is 6.30. The SMILES string of the molecule is CC(C)[C@@H](N)C(=O)N(C)CCOc1ccc(Cl)cc1.Cl. The molecule has 2 N–H and O–H groups in total. The van der Waals surface area contributed by atoms with E-state index in [1.165, 1.54) is 0 Å². The fraction of sp³-hybridized carbons (Fsp3) is 0.500. The second kappa shape index (κ2) is 9.06. The van der Waals surface area contributed by atoms with E-state index >= 15 is 0 Å². The lowest BCUT2D eigenvalue weighted by molar-refractivity contribution is -0.132. The van der Waals surface area contributed by atoms with E-state index in [4.69, 9.17) is 22.1 Å². The van der Waals surface area contributed by atoms with Crippen molar-refractivity contribution in [3.63, 3.8) is 0 Å². The van der Waals surface area contributed by atoms with Gasteiger partial charge in [0.15, 0.2) is 0 Å². The molecule has 4 nitrogen and oxygen atoms in total. The number of carbonyl (C=O) groups is 1. The van der Waals surface area contributed by atoms with Crippen LogP contribution < -0.4 is 10.5 Å². The number of nitrogens with two attached hydrogens (primary N) is 1. The van der Waals surface area contributed by atoms with Crippen LogP contribution in [0.3, 0.4) is 0 Å². The fourth-order valence-electron chi connectivity index (χ4n) is 1.48. The van der Waals surface area contributed by atoms with Crippen molar-refractivity contribution in [2.45, 2.75) is 19.9 Å². The van der Waals surface area contributed by atoms with E-state index in [-0.39, 0.29) is 24.2 Å².